The molecule has 0 bridgehead atoms. The van der Waals surface area contributed by atoms with Gasteiger partial charge in [-0.3, -0.25) is 4.79 Å². The molecule has 1 heterocycles. The lowest BCUT2D eigenvalue weighted by Crippen LogP contribution is -2.14. The van der Waals surface area contributed by atoms with Crippen LogP contribution in [0, 0.1) is 18.3 Å². The fourth-order valence-electron chi connectivity index (χ4n) is 2.81. The Hall–Kier alpha value is -3.39. The molecule has 2 aromatic carbocycles. The lowest BCUT2D eigenvalue weighted by molar-refractivity contribution is 0.102. The Bertz CT molecular complexity index is 947. The molecule has 0 saturated carbocycles. The van der Waals surface area contributed by atoms with E-state index in [0.29, 0.717) is 24.1 Å². The van der Waals surface area contributed by atoms with E-state index in [0.717, 1.165) is 16.9 Å². The van der Waals surface area contributed by atoms with Crippen LogP contribution in [-0.2, 0) is 12.8 Å². The molecule has 0 spiro atoms. The number of hydrogen-bond donors (Lipinski definition) is 1. The molecule has 0 saturated heterocycles. The number of rotatable bonds is 5. The number of amides is 1. The molecule has 130 valence electrons. The van der Waals surface area contributed by atoms with Gasteiger partial charge in [-0.1, -0.05) is 36.8 Å². The summed E-state index contributed by atoms with van der Waals surface area (Å²) in [6.07, 6.45) is 2.66. The zero-order valence-corrected chi connectivity index (χ0v) is 14.9. The molecule has 0 atom stereocenters. The van der Waals surface area contributed by atoms with Crippen LogP contribution in [0.15, 0.2) is 54.7 Å². The van der Waals surface area contributed by atoms with E-state index < -0.39 is 0 Å². The minimum Gasteiger partial charge on any atom is -0.322 e. The van der Waals surface area contributed by atoms with E-state index in [1.165, 1.54) is 5.56 Å². The topological polar surface area (TPSA) is 70.7 Å². The standard InChI is InChI=1S/C21H20N4O/c1-3-20-19(14-23-25(20)18-10-4-15(2)5-11-18)21(26)24-17-8-6-16(7-9-17)12-13-22/h4-11,14H,3,12H2,1-2H3,(H,24,26). The number of nitrogens with zero attached hydrogens (tertiary/aromatic N) is 3. The third-order valence-electron chi connectivity index (χ3n) is 4.22. The Morgan fingerprint density at radius 1 is 1.15 bits per heavy atom. The van der Waals surface area contributed by atoms with E-state index in [4.69, 9.17) is 5.26 Å². The first-order valence-electron chi connectivity index (χ1n) is 8.53. The Balaban J connectivity index is 1.83. The SMILES string of the molecule is CCc1c(C(=O)Nc2ccc(CC#N)cc2)cnn1-c1ccc(C)cc1. The van der Waals surface area contributed by atoms with Crippen molar-refractivity contribution in [2.75, 3.05) is 5.32 Å². The normalized spacial score (nSPS) is 10.3. The monoisotopic (exact) mass is 344 g/mol. The van der Waals surface area contributed by atoms with Gasteiger partial charge in [-0.15, -0.1) is 0 Å². The number of nitriles is 1. The van der Waals surface area contributed by atoms with Crippen molar-refractivity contribution in [3.63, 3.8) is 0 Å². The van der Waals surface area contributed by atoms with Crippen LogP contribution >= 0.6 is 0 Å². The minimum atomic E-state index is -0.187. The molecule has 1 N–H and O–H groups in total. The van der Waals surface area contributed by atoms with Crippen LogP contribution < -0.4 is 5.32 Å². The van der Waals surface area contributed by atoms with Gasteiger partial charge in [0.25, 0.3) is 5.91 Å². The van der Waals surface area contributed by atoms with E-state index >= 15 is 0 Å². The Kier molecular flexibility index (Phi) is 5.14. The maximum atomic E-state index is 12.7. The van der Waals surface area contributed by atoms with E-state index in [1.54, 1.807) is 18.3 Å². The van der Waals surface area contributed by atoms with Crippen LogP contribution in [-0.4, -0.2) is 15.7 Å². The molecule has 3 aromatic rings. The summed E-state index contributed by atoms with van der Waals surface area (Å²) in [7, 11) is 0. The quantitative estimate of drug-likeness (QED) is 0.758. The molecule has 0 fully saturated rings. The van der Waals surface area contributed by atoms with Gasteiger partial charge in [-0.2, -0.15) is 10.4 Å². The van der Waals surface area contributed by atoms with E-state index in [2.05, 4.69) is 16.5 Å². The molecule has 0 aliphatic carbocycles. The van der Waals surface area contributed by atoms with Crippen LogP contribution in [0.25, 0.3) is 5.69 Å². The van der Waals surface area contributed by atoms with Crippen molar-refractivity contribution in [3.8, 4) is 11.8 Å². The highest BCUT2D eigenvalue weighted by Gasteiger charge is 2.17. The van der Waals surface area contributed by atoms with E-state index in [9.17, 15) is 4.79 Å². The maximum Gasteiger partial charge on any atom is 0.259 e. The predicted molar refractivity (Wildman–Crippen MR) is 101 cm³/mol. The van der Waals surface area contributed by atoms with Crippen molar-refractivity contribution in [1.82, 2.24) is 9.78 Å². The van der Waals surface area contributed by atoms with Gasteiger partial charge in [0.1, 0.15) is 0 Å². The summed E-state index contributed by atoms with van der Waals surface area (Å²) in [6, 6.07) is 17.5. The molecule has 5 nitrogen and oxygen atoms in total. The Morgan fingerprint density at radius 2 is 1.85 bits per heavy atom. The fourth-order valence-corrected chi connectivity index (χ4v) is 2.81. The van der Waals surface area contributed by atoms with Crippen molar-refractivity contribution in [3.05, 3.63) is 77.1 Å². The number of carbonyl (C=O) groups excluding carboxylic acids is 1. The second-order valence-electron chi connectivity index (χ2n) is 6.09. The number of hydrogen-bond acceptors (Lipinski definition) is 3. The van der Waals surface area contributed by atoms with Crippen LogP contribution in [0.5, 0.6) is 0 Å². The van der Waals surface area contributed by atoms with Crippen molar-refractivity contribution in [2.45, 2.75) is 26.7 Å². The highest BCUT2D eigenvalue weighted by atomic mass is 16.1. The predicted octanol–water partition coefficient (Wildman–Crippen LogP) is 4.06. The van der Waals surface area contributed by atoms with Crippen LogP contribution in [0.2, 0.25) is 0 Å². The Morgan fingerprint density at radius 3 is 2.46 bits per heavy atom. The largest absolute Gasteiger partial charge is 0.322 e. The molecular formula is C21H20N4O. The molecular weight excluding hydrogens is 324 g/mol. The number of aromatic nitrogens is 2. The zero-order valence-electron chi connectivity index (χ0n) is 14.9. The van der Waals surface area contributed by atoms with Crippen LogP contribution in [0.4, 0.5) is 5.69 Å². The first-order valence-corrected chi connectivity index (χ1v) is 8.53. The number of aryl methyl sites for hydroxylation is 1. The lowest BCUT2D eigenvalue weighted by atomic mass is 10.1. The number of carbonyl (C=O) groups is 1. The molecule has 3 rings (SSSR count). The molecule has 0 aliphatic rings. The van der Waals surface area contributed by atoms with Crippen molar-refractivity contribution in [1.29, 1.82) is 5.26 Å². The van der Waals surface area contributed by atoms with Crippen LogP contribution in [0.3, 0.4) is 0 Å². The van der Waals surface area contributed by atoms with E-state index in [1.807, 2.05) is 54.9 Å². The van der Waals surface area contributed by atoms with Gasteiger partial charge in [0, 0.05) is 5.69 Å². The van der Waals surface area contributed by atoms with Crippen LogP contribution in [0.1, 0.15) is 34.1 Å². The molecule has 5 heteroatoms. The Labute approximate surface area is 152 Å². The second kappa shape index (κ2) is 7.66. The summed E-state index contributed by atoms with van der Waals surface area (Å²) < 4.78 is 1.81. The zero-order chi connectivity index (χ0) is 18.5. The number of nitrogens with one attached hydrogen (secondary N) is 1. The van der Waals surface area contributed by atoms with Gasteiger partial charge in [0.05, 0.1) is 35.6 Å². The van der Waals surface area contributed by atoms with Gasteiger partial charge in [0.2, 0.25) is 0 Å². The number of anilines is 1. The number of benzene rings is 2. The fraction of sp³-hybridized carbons (Fsp3) is 0.190. The summed E-state index contributed by atoms with van der Waals surface area (Å²) in [5, 5.41) is 16.0. The van der Waals surface area contributed by atoms with E-state index in [-0.39, 0.29) is 5.91 Å². The summed E-state index contributed by atoms with van der Waals surface area (Å²) >= 11 is 0. The summed E-state index contributed by atoms with van der Waals surface area (Å²) in [5.41, 5.74) is 5.17. The minimum absolute atomic E-state index is 0.187. The first-order chi connectivity index (χ1) is 12.6. The van der Waals surface area contributed by atoms with Gasteiger partial charge in [0.15, 0.2) is 0 Å². The molecule has 0 unspecified atom stereocenters. The third kappa shape index (κ3) is 3.65. The van der Waals surface area contributed by atoms with Crippen molar-refractivity contribution >= 4 is 11.6 Å². The average Bonchev–Trinajstić information content (AvgIpc) is 3.08. The lowest BCUT2D eigenvalue weighted by Gasteiger charge is -2.09. The summed E-state index contributed by atoms with van der Waals surface area (Å²) in [5.74, 6) is -0.187. The average molecular weight is 344 g/mol. The summed E-state index contributed by atoms with van der Waals surface area (Å²) in [4.78, 5) is 12.7. The summed E-state index contributed by atoms with van der Waals surface area (Å²) in [6.45, 7) is 4.05. The van der Waals surface area contributed by atoms with Gasteiger partial charge < -0.3 is 5.32 Å². The van der Waals surface area contributed by atoms with Gasteiger partial charge >= 0.3 is 0 Å². The highest BCUT2D eigenvalue weighted by Crippen LogP contribution is 2.18. The molecule has 26 heavy (non-hydrogen) atoms. The first kappa shape index (κ1) is 17.4. The molecule has 0 aliphatic heterocycles. The highest BCUT2D eigenvalue weighted by molar-refractivity contribution is 6.05. The van der Waals surface area contributed by atoms with Crippen molar-refractivity contribution in [2.24, 2.45) is 0 Å². The van der Waals surface area contributed by atoms with Gasteiger partial charge in [-0.05, 0) is 43.2 Å². The third-order valence-corrected chi connectivity index (χ3v) is 4.22. The van der Waals surface area contributed by atoms with Gasteiger partial charge in [-0.25, -0.2) is 4.68 Å². The maximum absolute atomic E-state index is 12.7. The molecule has 0 radical (unpaired) electrons. The molecule has 1 amide bonds. The smallest absolute Gasteiger partial charge is 0.259 e. The van der Waals surface area contributed by atoms with Crippen molar-refractivity contribution < 1.29 is 4.79 Å². The molecule has 1 aromatic heterocycles. The second-order valence-corrected chi connectivity index (χ2v) is 6.09.